The summed E-state index contributed by atoms with van der Waals surface area (Å²) in [4.78, 5) is 11.2. The molecular formula is C17H16F3NO3. The number of hydrogen-bond acceptors (Lipinski definition) is 3. The molecule has 0 aromatic heterocycles. The number of nitrogens with one attached hydrogen (secondary N) is 1. The van der Waals surface area contributed by atoms with E-state index < -0.39 is 12.1 Å². The summed E-state index contributed by atoms with van der Waals surface area (Å²) in [7, 11) is 0. The van der Waals surface area contributed by atoms with Gasteiger partial charge in [-0.3, -0.25) is 4.79 Å². The van der Waals surface area contributed by atoms with Crippen LogP contribution in [0.4, 0.5) is 18.9 Å². The SMILES string of the molecule is O=C(Nc1ccc(OC2CCCCO2)c2ccccc12)C(F)(F)F. The summed E-state index contributed by atoms with van der Waals surface area (Å²) < 4.78 is 48.8. The van der Waals surface area contributed by atoms with Gasteiger partial charge in [0.25, 0.3) is 0 Å². The summed E-state index contributed by atoms with van der Waals surface area (Å²) in [5.74, 6) is -1.49. The maximum atomic E-state index is 12.5. The third-order valence-electron chi connectivity index (χ3n) is 3.79. The number of alkyl halides is 3. The molecule has 1 unspecified atom stereocenters. The van der Waals surface area contributed by atoms with E-state index in [1.54, 1.807) is 30.3 Å². The number of ether oxygens (including phenoxy) is 2. The van der Waals surface area contributed by atoms with Gasteiger partial charge in [-0.25, -0.2) is 0 Å². The average Bonchev–Trinajstić information content (AvgIpc) is 2.57. The number of anilines is 1. The number of rotatable bonds is 3. The topological polar surface area (TPSA) is 47.6 Å². The Morgan fingerprint density at radius 3 is 2.54 bits per heavy atom. The van der Waals surface area contributed by atoms with Gasteiger partial charge in [-0.15, -0.1) is 0 Å². The van der Waals surface area contributed by atoms with Crippen molar-refractivity contribution in [3.63, 3.8) is 0 Å². The molecule has 1 N–H and O–H groups in total. The Hall–Kier alpha value is -2.28. The van der Waals surface area contributed by atoms with Gasteiger partial charge < -0.3 is 14.8 Å². The van der Waals surface area contributed by atoms with Crippen LogP contribution in [0.15, 0.2) is 36.4 Å². The molecule has 0 aliphatic carbocycles. The molecule has 1 saturated heterocycles. The Morgan fingerprint density at radius 1 is 1.12 bits per heavy atom. The predicted molar refractivity (Wildman–Crippen MR) is 82.9 cm³/mol. The molecule has 0 saturated carbocycles. The summed E-state index contributed by atoms with van der Waals surface area (Å²) in [6, 6.07) is 9.77. The van der Waals surface area contributed by atoms with Gasteiger partial charge in [-0.2, -0.15) is 13.2 Å². The highest BCUT2D eigenvalue weighted by atomic mass is 19.4. The summed E-state index contributed by atoms with van der Waals surface area (Å²) in [6.45, 7) is 0.627. The Labute approximate surface area is 136 Å². The van der Waals surface area contributed by atoms with Gasteiger partial charge >= 0.3 is 12.1 Å². The van der Waals surface area contributed by atoms with Crippen LogP contribution >= 0.6 is 0 Å². The molecular weight excluding hydrogens is 323 g/mol. The maximum Gasteiger partial charge on any atom is 0.471 e. The quantitative estimate of drug-likeness (QED) is 0.910. The summed E-state index contributed by atoms with van der Waals surface area (Å²) >= 11 is 0. The van der Waals surface area contributed by atoms with Gasteiger partial charge in [0.1, 0.15) is 5.75 Å². The average molecular weight is 339 g/mol. The van der Waals surface area contributed by atoms with Gasteiger partial charge in [-0.1, -0.05) is 24.3 Å². The van der Waals surface area contributed by atoms with E-state index in [1.165, 1.54) is 6.07 Å². The van der Waals surface area contributed by atoms with Gasteiger partial charge in [0, 0.05) is 22.9 Å². The van der Waals surface area contributed by atoms with Crippen LogP contribution in [0.25, 0.3) is 10.8 Å². The van der Waals surface area contributed by atoms with Gasteiger partial charge in [0.05, 0.1) is 6.61 Å². The molecule has 1 heterocycles. The molecule has 24 heavy (non-hydrogen) atoms. The number of halogens is 3. The van der Waals surface area contributed by atoms with Crippen LogP contribution < -0.4 is 10.1 Å². The zero-order chi connectivity index (χ0) is 17.2. The van der Waals surface area contributed by atoms with E-state index in [2.05, 4.69) is 0 Å². The highest BCUT2D eigenvalue weighted by Crippen LogP contribution is 2.34. The molecule has 0 spiro atoms. The van der Waals surface area contributed by atoms with Crippen molar-refractivity contribution in [2.24, 2.45) is 0 Å². The minimum absolute atomic E-state index is 0.0878. The Balaban J connectivity index is 1.90. The van der Waals surface area contributed by atoms with E-state index in [4.69, 9.17) is 9.47 Å². The lowest BCUT2D eigenvalue weighted by Gasteiger charge is -2.24. The molecule has 1 aliphatic rings. The van der Waals surface area contributed by atoms with Gasteiger partial charge in [0.15, 0.2) is 6.29 Å². The number of benzene rings is 2. The van der Waals surface area contributed by atoms with Gasteiger partial charge in [-0.05, 0) is 25.0 Å². The molecule has 1 amide bonds. The van der Waals surface area contributed by atoms with Gasteiger partial charge in [0.2, 0.25) is 0 Å². The lowest BCUT2D eigenvalue weighted by atomic mass is 10.1. The molecule has 1 aliphatic heterocycles. The number of carbonyl (C=O) groups excluding carboxylic acids is 1. The van der Waals surface area contributed by atoms with Crippen LogP contribution in [-0.4, -0.2) is 25.0 Å². The first-order valence-electron chi connectivity index (χ1n) is 7.63. The van der Waals surface area contributed by atoms with Crippen LogP contribution in [0.5, 0.6) is 5.75 Å². The number of amides is 1. The normalized spacial score (nSPS) is 18.4. The molecule has 7 heteroatoms. The molecule has 4 nitrogen and oxygen atoms in total. The van der Waals surface area contributed by atoms with Crippen molar-refractivity contribution in [2.45, 2.75) is 31.7 Å². The maximum absolute atomic E-state index is 12.5. The number of hydrogen-bond donors (Lipinski definition) is 1. The van der Waals surface area contributed by atoms with E-state index in [1.807, 2.05) is 5.32 Å². The molecule has 3 rings (SSSR count). The van der Waals surface area contributed by atoms with Crippen molar-refractivity contribution < 1.29 is 27.4 Å². The smallest absolute Gasteiger partial charge is 0.464 e. The number of carbonyl (C=O) groups is 1. The highest BCUT2D eigenvalue weighted by Gasteiger charge is 2.38. The highest BCUT2D eigenvalue weighted by molar-refractivity contribution is 6.05. The monoisotopic (exact) mass is 339 g/mol. The van der Waals surface area contributed by atoms with E-state index in [0.717, 1.165) is 19.3 Å². The minimum atomic E-state index is -4.94. The van der Waals surface area contributed by atoms with Crippen LogP contribution in [-0.2, 0) is 9.53 Å². The molecule has 2 aromatic carbocycles. The van der Waals surface area contributed by atoms with E-state index >= 15 is 0 Å². The molecule has 128 valence electrons. The fraction of sp³-hybridized carbons (Fsp3) is 0.353. The van der Waals surface area contributed by atoms with Crippen molar-refractivity contribution in [3.05, 3.63) is 36.4 Å². The van der Waals surface area contributed by atoms with Crippen molar-refractivity contribution >= 4 is 22.4 Å². The zero-order valence-corrected chi connectivity index (χ0v) is 12.7. The van der Waals surface area contributed by atoms with Crippen LogP contribution in [0, 0.1) is 0 Å². The fourth-order valence-electron chi connectivity index (χ4n) is 2.62. The summed E-state index contributed by atoms with van der Waals surface area (Å²) in [5, 5.41) is 3.00. The Kier molecular flexibility index (Phi) is 4.62. The molecule has 0 radical (unpaired) electrons. The second kappa shape index (κ2) is 6.68. The fourth-order valence-corrected chi connectivity index (χ4v) is 2.62. The van der Waals surface area contributed by atoms with Crippen molar-refractivity contribution in [1.29, 1.82) is 0 Å². The molecule has 1 atom stereocenters. The minimum Gasteiger partial charge on any atom is -0.464 e. The number of fused-ring (bicyclic) bond motifs is 1. The summed E-state index contributed by atoms with van der Waals surface area (Å²) in [6.07, 6.45) is -2.55. The molecule has 1 fully saturated rings. The third-order valence-corrected chi connectivity index (χ3v) is 3.79. The summed E-state index contributed by atoms with van der Waals surface area (Å²) in [5.41, 5.74) is 0.0878. The van der Waals surface area contributed by atoms with Crippen molar-refractivity contribution in [1.82, 2.24) is 0 Å². The second-order valence-electron chi connectivity index (χ2n) is 5.52. The molecule has 2 aromatic rings. The van der Waals surface area contributed by atoms with Crippen LogP contribution in [0.3, 0.4) is 0 Å². The largest absolute Gasteiger partial charge is 0.471 e. The standard InChI is InChI=1S/C17H16F3NO3/c18-17(19,20)16(22)21-13-8-9-14(12-6-2-1-5-11(12)13)24-15-7-3-4-10-23-15/h1-2,5-6,8-9,15H,3-4,7,10H2,(H,21,22). The molecule has 0 bridgehead atoms. The zero-order valence-electron chi connectivity index (χ0n) is 12.7. The second-order valence-corrected chi connectivity index (χ2v) is 5.52. The van der Waals surface area contributed by atoms with Crippen LogP contribution in [0.1, 0.15) is 19.3 Å². The van der Waals surface area contributed by atoms with Crippen molar-refractivity contribution in [3.8, 4) is 5.75 Å². The first kappa shape index (κ1) is 16.6. The third kappa shape index (κ3) is 3.62. The van der Waals surface area contributed by atoms with E-state index in [9.17, 15) is 18.0 Å². The van der Waals surface area contributed by atoms with E-state index in [-0.39, 0.29) is 12.0 Å². The lowest BCUT2D eigenvalue weighted by Crippen LogP contribution is -2.30. The first-order chi connectivity index (χ1) is 11.4. The Morgan fingerprint density at radius 2 is 1.88 bits per heavy atom. The lowest BCUT2D eigenvalue weighted by molar-refractivity contribution is -0.167. The van der Waals surface area contributed by atoms with Crippen molar-refractivity contribution in [2.75, 3.05) is 11.9 Å². The predicted octanol–water partition coefficient (Wildman–Crippen LogP) is 4.25. The van der Waals surface area contributed by atoms with E-state index in [0.29, 0.717) is 23.1 Å². The first-order valence-corrected chi connectivity index (χ1v) is 7.63. The van der Waals surface area contributed by atoms with Crippen LogP contribution in [0.2, 0.25) is 0 Å². The Bertz CT molecular complexity index is 739.